The summed E-state index contributed by atoms with van der Waals surface area (Å²) in [6.45, 7) is -2.73. The summed E-state index contributed by atoms with van der Waals surface area (Å²) in [6, 6.07) is 0.0372. The van der Waals surface area contributed by atoms with Crippen LogP contribution in [0, 0.1) is 6.85 Å². The first-order valence-corrected chi connectivity index (χ1v) is 4.97. The van der Waals surface area contributed by atoms with Gasteiger partial charge < -0.3 is 14.6 Å². The normalized spacial score (nSPS) is 34.6. The fraction of sp³-hybridized carbons (Fsp3) is 0.600. The van der Waals surface area contributed by atoms with Crippen molar-refractivity contribution in [3.63, 3.8) is 0 Å². The maximum atomic E-state index is 11.7. The molecule has 2 aliphatic heterocycles. The molecule has 2 bridgehead atoms. The van der Waals surface area contributed by atoms with Gasteiger partial charge >= 0.3 is 6.01 Å². The average molecular weight is 227 g/mol. The van der Waals surface area contributed by atoms with E-state index in [4.69, 9.17) is 18.7 Å². The second kappa shape index (κ2) is 3.29. The first-order valence-electron chi connectivity index (χ1n) is 6.47. The van der Waals surface area contributed by atoms with Crippen LogP contribution in [0.4, 0.5) is 0 Å². The van der Waals surface area contributed by atoms with Crippen molar-refractivity contribution >= 4 is 0 Å². The molecule has 0 unspecified atom stereocenters. The number of aliphatic hydroxyl groups is 1. The highest BCUT2D eigenvalue weighted by Gasteiger charge is 2.42. The number of fused-ring (bicyclic) bond motifs is 4. The Morgan fingerprint density at radius 2 is 2.69 bits per heavy atom. The average Bonchev–Trinajstić information content (AvgIpc) is 2.65. The molecule has 3 atom stereocenters. The van der Waals surface area contributed by atoms with E-state index in [0.717, 1.165) is 0 Å². The van der Waals surface area contributed by atoms with Gasteiger partial charge in [-0.05, 0) is 6.85 Å². The molecule has 1 N–H and O–H groups in total. The van der Waals surface area contributed by atoms with E-state index in [9.17, 15) is 4.79 Å². The molecule has 0 spiro atoms. The third-order valence-corrected chi connectivity index (χ3v) is 2.84. The SMILES string of the molecule is [2H]C([2H])([2H])c1cn2c(nc1=O)O[C@H]1C[C@H]2O[C@@H]1CO. The third kappa shape index (κ3) is 1.27. The molecule has 1 aromatic heterocycles. The summed E-state index contributed by atoms with van der Waals surface area (Å²) in [5, 5.41) is 9.14. The first-order chi connectivity index (χ1) is 8.90. The van der Waals surface area contributed by atoms with Crippen LogP contribution in [0.25, 0.3) is 0 Å². The van der Waals surface area contributed by atoms with Crippen molar-refractivity contribution in [2.45, 2.75) is 31.7 Å². The zero-order valence-electron chi connectivity index (χ0n) is 11.3. The summed E-state index contributed by atoms with van der Waals surface area (Å²) >= 11 is 0. The van der Waals surface area contributed by atoms with Crippen molar-refractivity contribution in [2.75, 3.05) is 6.61 Å². The van der Waals surface area contributed by atoms with Gasteiger partial charge in [-0.1, -0.05) is 0 Å². The van der Waals surface area contributed by atoms with Gasteiger partial charge in [0.05, 0.1) is 6.61 Å². The van der Waals surface area contributed by atoms with Gasteiger partial charge in [0.2, 0.25) is 0 Å². The van der Waals surface area contributed by atoms with E-state index in [1.807, 2.05) is 0 Å². The summed E-state index contributed by atoms with van der Waals surface area (Å²) in [5.74, 6) is 0. The third-order valence-electron chi connectivity index (χ3n) is 2.84. The second-order valence-electron chi connectivity index (χ2n) is 3.85. The largest absolute Gasteiger partial charge is 0.458 e. The van der Waals surface area contributed by atoms with Gasteiger partial charge in [-0.2, -0.15) is 4.98 Å². The molecule has 1 fully saturated rings. The van der Waals surface area contributed by atoms with Crippen molar-refractivity contribution in [1.82, 2.24) is 9.55 Å². The highest BCUT2D eigenvalue weighted by Crippen LogP contribution is 2.37. The molecule has 2 aliphatic rings. The molecule has 0 amide bonds. The summed E-state index contributed by atoms with van der Waals surface area (Å²) in [6.07, 6.45) is 0.389. The number of aryl methyl sites for hydroxylation is 1. The van der Waals surface area contributed by atoms with E-state index in [0.29, 0.717) is 6.42 Å². The smallest absolute Gasteiger partial charge is 0.302 e. The van der Waals surface area contributed by atoms with E-state index in [-0.39, 0.29) is 24.3 Å². The lowest BCUT2D eigenvalue weighted by atomic mass is 10.1. The van der Waals surface area contributed by atoms with E-state index in [1.165, 1.54) is 10.8 Å². The van der Waals surface area contributed by atoms with Crippen molar-refractivity contribution in [3.8, 4) is 6.01 Å². The van der Waals surface area contributed by atoms with Gasteiger partial charge in [0.25, 0.3) is 5.56 Å². The maximum absolute atomic E-state index is 11.7. The van der Waals surface area contributed by atoms with Crippen LogP contribution in [0.2, 0.25) is 0 Å². The Morgan fingerprint density at radius 1 is 1.81 bits per heavy atom. The van der Waals surface area contributed by atoms with Crippen molar-refractivity contribution in [1.29, 1.82) is 0 Å². The Morgan fingerprint density at radius 3 is 3.44 bits per heavy atom. The van der Waals surface area contributed by atoms with E-state index >= 15 is 0 Å². The lowest BCUT2D eigenvalue weighted by Gasteiger charge is -2.23. The highest BCUT2D eigenvalue weighted by atomic mass is 16.6. The minimum Gasteiger partial charge on any atom is -0.458 e. The van der Waals surface area contributed by atoms with Crippen LogP contribution in [0.3, 0.4) is 0 Å². The van der Waals surface area contributed by atoms with Crippen LogP contribution in [-0.2, 0) is 4.74 Å². The van der Waals surface area contributed by atoms with Gasteiger partial charge in [0.15, 0.2) is 0 Å². The molecule has 6 heteroatoms. The number of hydrogen-bond donors (Lipinski definition) is 1. The summed E-state index contributed by atoms with van der Waals surface area (Å²) < 4.78 is 34.3. The van der Waals surface area contributed by atoms with Crippen LogP contribution in [0.15, 0.2) is 11.0 Å². The molecule has 3 heterocycles. The van der Waals surface area contributed by atoms with Crippen LogP contribution in [0.5, 0.6) is 6.01 Å². The number of rotatable bonds is 1. The second-order valence-corrected chi connectivity index (χ2v) is 3.85. The molecule has 0 aliphatic carbocycles. The van der Waals surface area contributed by atoms with E-state index in [1.54, 1.807) is 0 Å². The molecule has 16 heavy (non-hydrogen) atoms. The maximum Gasteiger partial charge on any atom is 0.302 e. The summed E-state index contributed by atoms with van der Waals surface area (Å²) in [5.41, 5.74) is -1.19. The van der Waals surface area contributed by atoms with Crippen LogP contribution in [-0.4, -0.2) is 33.5 Å². The molecule has 86 valence electrons. The summed E-state index contributed by atoms with van der Waals surface area (Å²) in [4.78, 5) is 15.3. The predicted octanol–water partition coefficient (Wildman–Crippen LogP) is -0.407. The molecule has 1 saturated heterocycles. The van der Waals surface area contributed by atoms with E-state index in [2.05, 4.69) is 4.98 Å². The van der Waals surface area contributed by atoms with Crippen LogP contribution in [0.1, 0.15) is 22.3 Å². The monoisotopic (exact) mass is 227 g/mol. The molecular formula is C10H12N2O4. The molecule has 0 saturated carbocycles. The Hall–Kier alpha value is -1.40. The zero-order valence-corrected chi connectivity index (χ0v) is 8.29. The summed E-state index contributed by atoms with van der Waals surface area (Å²) in [7, 11) is 0. The molecule has 0 aromatic carbocycles. The molecule has 0 radical (unpaired) electrons. The fourth-order valence-electron chi connectivity index (χ4n) is 2.04. The van der Waals surface area contributed by atoms with Gasteiger partial charge in [0.1, 0.15) is 18.4 Å². The lowest BCUT2D eigenvalue weighted by molar-refractivity contribution is -0.0247. The number of ether oxygens (including phenoxy) is 2. The quantitative estimate of drug-likeness (QED) is 0.706. The number of hydrogen-bond acceptors (Lipinski definition) is 5. The van der Waals surface area contributed by atoms with Gasteiger partial charge in [-0.3, -0.25) is 9.36 Å². The van der Waals surface area contributed by atoms with Crippen molar-refractivity contribution < 1.29 is 18.7 Å². The van der Waals surface area contributed by atoms with Gasteiger partial charge in [0, 0.05) is 22.3 Å². The van der Waals surface area contributed by atoms with Crippen LogP contribution < -0.4 is 10.3 Å². The zero-order chi connectivity index (χ0) is 13.8. The molecule has 1 aromatic rings. The number of aliphatic hydroxyl groups excluding tert-OH is 1. The Kier molecular flexibility index (Phi) is 1.45. The number of nitrogens with zero attached hydrogens (tertiary/aromatic N) is 2. The van der Waals surface area contributed by atoms with Crippen LogP contribution >= 0.6 is 0 Å². The van der Waals surface area contributed by atoms with Gasteiger partial charge in [-0.15, -0.1) is 0 Å². The standard InChI is InChI=1S/C10H12N2O4/c1-5-3-12-8-2-6(7(4-13)15-8)16-10(12)11-9(5)14/h3,6-8,13H,2,4H2,1H3/t6-,7+,8+/m0/s1/i1D3. The number of aromatic nitrogens is 2. The molecular weight excluding hydrogens is 212 g/mol. The lowest BCUT2D eigenvalue weighted by Crippen LogP contribution is -2.33. The minimum absolute atomic E-state index is 0.0372. The van der Waals surface area contributed by atoms with Gasteiger partial charge in [-0.25, -0.2) is 0 Å². The van der Waals surface area contributed by atoms with Crippen molar-refractivity contribution in [2.24, 2.45) is 0 Å². The molecule has 6 nitrogen and oxygen atoms in total. The van der Waals surface area contributed by atoms with E-state index < -0.39 is 24.7 Å². The Bertz CT molecular complexity index is 571. The Labute approximate surface area is 95.7 Å². The topological polar surface area (TPSA) is 73.6 Å². The minimum atomic E-state index is -2.53. The Balaban J connectivity index is 2.07. The predicted molar refractivity (Wildman–Crippen MR) is 53.3 cm³/mol. The molecule has 3 rings (SSSR count). The highest BCUT2D eigenvalue weighted by molar-refractivity contribution is 5.12. The fourth-order valence-corrected chi connectivity index (χ4v) is 2.04. The first kappa shape index (κ1) is 7.03. The van der Waals surface area contributed by atoms with Crippen molar-refractivity contribution in [3.05, 3.63) is 22.1 Å².